The summed E-state index contributed by atoms with van der Waals surface area (Å²) in [6.07, 6.45) is 1.28. The maximum Gasteiger partial charge on any atom is 0.255 e. The van der Waals surface area contributed by atoms with Gasteiger partial charge in [0.15, 0.2) is 0 Å². The molecule has 5 nitrogen and oxygen atoms in total. The summed E-state index contributed by atoms with van der Waals surface area (Å²) in [5.41, 5.74) is 3.29. The molecule has 0 bridgehead atoms. The number of aryl methyl sites for hydroxylation is 1. The first kappa shape index (κ1) is 17.3. The van der Waals surface area contributed by atoms with Crippen LogP contribution in [0.5, 0.6) is 5.75 Å². The number of hydrogen-bond acceptors (Lipinski definition) is 4. The minimum Gasteiger partial charge on any atom is -0.497 e. The number of para-hydroxylation sites is 2. The number of methoxy groups -OCH3 is 1. The van der Waals surface area contributed by atoms with Crippen molar-refractivity contribution < 1.29 is 14.6 Å². The number of amides is 1. The summed E-state index contributed by atoms with van der Waals surface area (Å²) in [4.78, 5) is 14.9. The van der Waals surface area contributed by atoms with Crippen molar-refractivity contribution in [2.24, 2.45) is 0 Å². The molecule has 0 radical (unpaired) electrons. The molecule has 1 aliphatic rings. The fourth-order valence-corrected chi connectivity index (χ4v) is 3.17. The van der Waals surface area contributed by atoms with Crippen LogP contribution < -0.4 is 15.0 Å². The molecule has 0 saturated carbocycles. The molecule has 1 saturated heterocycles. The predicted octanol–water partition coefficient (Wildman–Crippen LogP) is 3.22. The van der Waals surface area contributed by atoms with Crippen LogP contribution in [0.2, 0.25) is 0 Å². The predicted molar refractivity (Wildman–Crippen MR) is 99.6 cm³/mol. The van der Waals surface area contributed by atoms with Crippen molar-refractivity contribution in [1.82, 2.24) is 0 Å². The van der Waals surface area contributed by atoms with Crippen LogP contribution in [0.25, 0.3) is 0 Å². The SMILES string of the molecule is COc1ccc(C(=O)Nc2ccccc2N2CCC(O)CC2)c(C)c1. The first-order valence-corrected chi connectivity index (χ1v) is 8.56. The monoisotopic (exact) mass is 340 g/mol. The van der Waals surface area contributed by atoms with Gasteiger partial charge in [-0.25, -0.2) is 0 Å². The van der Waals surface area contributed by atoms with Gasteiger partial charge in [-0.3, -0.25) is 4.79 Å². The maximum absolute atomic E-state index is 12.7. The van der Waals surface area contributed by atoms with Crippen LogP contribution in [0.4, 0.5) is 11.4 Å². The van der Waals surface area contributed by atoms with Crippen LogP contribution >= 0.6 is 0 Å². The Morgan fingerprint density at radius 1 is 1.20 bits per heavy atom. The summed E-state index contributed by atoms with van der Waals surface area (Å²) < 4.78 is 5.20. The third kappa shape index (κ3) is 3.94. The highest BCUT2D eigenvalue weighted by Crippen LogP contribution is 2.29. The van der Waals surface area contributed by atoms with E-state index in [2.05, 4.69) is 10.2 Å². The summed E-state index contributed by atoms with van der Waals surface area (Å²) in [6, 6.07) is 13.2. The normalized spacial score (nSPS) is 15.1. The Hall–Kier alpha value is -2.53. The summed E-state index contributed by atoms with van der Waals surface area (Å²) >= 11 is 0. The van der Waals surface area contributed by atoms with E-state index in [0.717, 1.165) is 48.6 Å². The van der Waals surface area contributed by atoms with Crippen molar-refractivity contribution in [2.45, 2.75) is 25.9 Å². The number of aliphatic hydroxyl groups excluding tert-OH is 1. The molecule has 0 aromatic heterocycles. The average molecular weight is 340 g/mol. The van der Waals surface area contributed by atoms with Gasteiger partial charge >= 0.3 is 0 Å². The second-order valence-electron chi connectivity index (χ2n) is 6.37. The number of piperidine rings is 1. The molecule has 2 N–H and O–H groups in total. The van der Waals surface area contributed by atoms with E-state index in [-0.39, 0.29) is 12.0 Å². The Bertz CT molecular complexity index is 752. The number of anilines is 2. The fraction of sp³-hybridized carbons (Fsp3) is 0.350. The molecule has 0 unspecified atom stereocenters. The smallest absolute Gasteiger partial charge is 0.255 e. The first-order valence-electron chi connectivity index (χ1n) is 8.56. The molecule has 2 aromatic rings. The minimum absolute atomic E-state index is 0.135. The van der Waals surface area contributed by atoms with Crippen molar-refractivity contribution in [1.29, 1.82) is 0 Å². The number of benzene rings is 2. The molecular weight excluding hydrogens is 316 g/mol. The molecule has 25 heavy (non-hydrogen) atoms. The van der Waals surface area contributed by atoms with Gasteiger partial charge in [0, 0.05) is 18.7 Å². The number of hydrogen-bond donors (Lipinski definition) is 2. The zero-order chi connectivity index (χ0) is 17.8. The number of carbonyl (C=O) groups excluding carboxylic acids is 1. The van der Waals surface area contributed by atoms with Gasteiger partial charge in [0.2, 0.25) is 0 Å². The second-order valence-corrected chi connectivity index (χ2v) is 6.37. The molecular formula is C20H24N2O3. The number of aliphatic hydroxyl groups is 1. The lowest BCUT2D eigenvalue weighted by Crippen LogP contribution is -2.36. The van der Waals surface area contributed by atoms with Gasteiger partial charge < -0.3 is 20.1 Å². The minimum atomic E-state index is -0.222. The number of carbonyl (C=O) groups is 1. The Labute approximate surface area is 148 Å². The molecule has 1 heterocycles. The number of nitrogens with zero attached hydrogens (tertiary/aromatic N) is 1. The van der Waals surface area contributed by atoms with Crippen molar-refractivity contribution in [3.63, 3.8) is 0 Å². The Balaban J connectivity index is 1.80. The van der Waals surface area contributed by atoms with Crippen LogP contribution in [0.3, 0.4) is 0 Å². The van der Waals surface area contributed by atoms with E-state index in [1.165, 1.54) is 0 Å². The van der Waals surface area contributed by atoms with Gasteiger partial charge in [-0.1, -0.05) is 12.1 Å². The lowest BCUT2D eigenvalue weighted by Gasteiger charge is -2.32. The van der Waals surface area contributed by atoms with Gasteiger partial charge in [-0.2, -0.15) is 0 Å². The molecule has 0 atom stereocenters. The highest BCUT2D eigenvalue weighted by Gasteiger charge is 2.20. The molecule has 132 valence electrons. The molecule has 0 aliphatic carbocycles. The fourth-order valence-electron chi connectivity index (χ4n) is 3.17. The van der Waals surface area contributed by atoms with Crippen molar-refractivity contribution >= 4 is 17.3 Å². The van der Waals surface area contributed by atoms with E-state index >= 15 is 0 Å². The van der Waals surface area contributed by atoms with Crippen LogP contribution in [-0.4, -0.2) is 37.3 Å². The van der Waals surface area contributed by atoms with Crippen LogP contribution in [-0.2, 0) is 0 Å². The lowest BCUT2D eigenvalue weighted by atomic mass is 10.1. The number of ether oxygens (including phenoxy) is 1. The van der Waals surface area contributed by atoms with Gasteiger partial charge in [0.05, 0.1) is 24.6 Å². The highest BCUT2D eigenvalue weighted by molar-refractivity contribution is 6.07. The number of nitrogens with one attached hydrogen (secondary N) is 1. The van der Waals surface area contributed by atoms with Crippen molar-refractivity contribution in [3.8, 4) is 5.75 Å². The average Bonchev–Trinajstić information content (AvgIpc) is 2.62. The third-order valence-electron chi connectivity index (χ3n) is 4.64. The highest BCUT2D eigenvalue weighted by atomic mass is 16.5. The van der Waals surface area contributed by atoms with E-state index < -0.39 is 0 Å². The van der Waals surface area contributed by atoms with Gasteiger partial charge in [0.1, 0.15) is 5.75 Å². The Morgan fingerprint density at radius 3 is 2.60 bits per heavy atom. The van der Waals surface area contributed by atoms with E-state index in [9.17, 15) is 9.90 Å². The van der Waals surface area contributed by atoms with Gasteiger partial charge in [0.25, 0.3) is 5.91 Å². The summed E-state index contributed by atoms with van der Waals surface area (Å²) in [7, 11) is 1.61. The standard InChI is InChI=1S/C20H24N2O3/c1-14-13-16(25-2)7-8-17(14)20(24)21-18-5-3-4-6-19(18)22-11-9-15(23)10-12-22/h3-8,13,15,23H,9-12H2,1-2H3,(H,21,24). The zero-order valence-electron chi connectivity index (χ0n) is 14.7. The van der Waals surface area contributed by atoms with E-state index in [0.29, 0.717) is 5.56 Å². The molecule has 3 rings (SSSR count). The van der Waals surface area contributed by atoms with Gasteiger partial charge in [-0.15, -0.1) is 0 Å². The molecule has 1 fully saturated rings. The molecule has 1 amide bonds. The Morgan fingerprint density at radius 2 is 1.92 bits per heavy atom. The summed E-state index contributed by atoms with van der Waals surface area (Å²) in [5, 5.41) is 12.7. The van der Waals surface area contributed by atoms with Crippen molar-refractivity contribution in [2.75, 3.05) is 30.4 Å². The van der Waals surface area contributed by atoms with Crippen LogP contribution in [0, 0.1) is 6.92 Å². The quantitative estimate of drug-likeness (QED) is 0.897. The second kappa shape index (κ2) is 7.57. The lowest BCUT2D eigenvalue weighted by molar-refractivity contribution is 0.102. The van der Waals surface area contributed by atoms with E-state index in [1.54, 1.807) is 19.2 Å². The largest absolute Gasteiger partial charge is 0.497 e. The molecule has 5 heteroatoms. The first-order chi connectivity index (χ1) is 12.1. The van der Waals surface area contributed by atoms with E-state index in [4.69, 9.17) is 4.74 Å². The number of rotatable bonds is 4. The molecule has 1 aliphatic heterocycles. The van der Waals surface area contributed by atoms with Gasteiger partial charge in [-0.05, 0) is 55.7 Å². The third-order valence-corrected chi connectivity index (χ3v) is 4.64. The zero-order valence-corrected chi connectivity index (χ0v) is 14.7. The van der Waals surface area contributed by atoms with Crippen LogP contribution in [0.15, 0.2) is 42.5 Å². The molecule has 0 spiro atoms. The maximum atomic E-state index is 12.7. The van der Waals surface area contributed by atoms with Crippen molar-refractivity contribution in [3.05, 3.63) is 53.6 Å². The van der Waals surface area contributed by atoms with Crippen LogP contribution in [0.1, 0.15) is 28.8 Å². The molecule has 2 aromatic carbocycles. The summed E-state index contributed by atoms with van der Waals surface area (Å²) in [6.45, 7) is 3.47. The van der Waals surface area contributed by atoms with E-state index in [1.807, 2.05) is 37.3 Å². The topological polar surface area (TPSA) is 61.8 Å². The summed E-state index contributed by atoms with van der Waals surface area (Å²) in [5.74, 6) is 0.603. The Kier molecular flexibility index (Phi) is 5.24.